The van der Waals surface area contributed by atoms with Gasteiger partial charge in [0, 0.05) is 53.0 Å². The number of fused-ring (bicyclic) bond motifs is 2. The van der Waals surface area contributed by atoms with Crippen LogP contribution >= 0.6 is 23.4 Å². The SMILES string of the molecule is O=C(O)[C@H]1[C@@H]2C[C@@H](CN(CCNc3ccc([N+](=O)[O-])cn3)C2)[C@@H]1c1ccccc1Sc1ccc(Cl)cc1. The van der Waals surface area contributed by atoms with Gasteiger partial charge in [-0.1, -0.05) is 41.6 Å². The molecule has 4 atom stereocenters. The molecule has 5 rings (SSSR count). The average Bonchev–Trinajstić information content (AvgIpc) is 3.15. The minimum Gasteiger partial charge on any atom is -0.481 e. The number of aromatic nitrogens is 1. The first-order valence-corrected chi connectivity index (χ1v) is 13.4. The van der Waals surface area contributed by atoms with Gasteiger partial charge in [0.1, 0.15) is 12.0 Å². The molecule has 8 nitrogen and oxygen atoms in total. The van der Waals surface area contributed by atoms with Gasteiger partial charge >= 0.3 is 5.97 Å². The standard InChI is InChI=1S/C27H27ClN4O4S/c28-19-5-8-21(9-6-19)37-23-4-2-1-3-22(23)25-17-13-18(26(25)27(33)34)16-31(15-17)12-11-29-24-10-7-20(14-30-24)32(35)36/h1-10,14,17-18,25-26H,11-13,15-16H2,(H,29,30)(H,33,34)/t17-,18+,25+,26-/m0/s1. The first-order chi connectivity index (χ1) is 17.9. The molecule has 1 saturated heterocycles. The summed E-state index contributed by atoms with van der Waals surface area (Å²) in [6.07, 6.45) is 2.15. The van der Waals surface area contributed by atoms with Crippen LogP contribution in [0.2, 0.25) is 5.02 Å². The van der Waals surface area contributed by atoms with Crippen molar-refractivity contribution in [1.29, 1.82) is 0 Å². The average molecular weight is 539 g/mol. The minimum atomic E-state index is -0.723. The summed E-state index contributed by atoms with van der Waals surface area (Å²) < 4.78 is 0. The second-order valence-corrected chi connectivity index (χ2v) is 11.1. The van der Waals surface area contributed by atoms with E-state index in [0.717, 1.165) is 41.4 Å². The van der Waals surface area contributed by atoms with Crippen LogP contribution in [0.15, 0.2) is 76.7 Å². The largest absolute Gasteiger partial charge is 0.481 e. The monoisotopic (exact) mass is 538 g/mol. The van der Waals surface area contributed by atoms with Gasteiger partial charge < -0.3 is 15.3 Å². The molecule has 2 N–H and O–H groups in total. The van der Waals surface area contributed by atoms with Crippen molar-refractivity contribution in [2.75, 3.05) is 31.5 Å². The Morgan fingerprint density at radius 3 is 2.59 bits per heavy atom. The third-order valence-corrected chi connectivity index (χ3v) is 8.64. The molecule has 2 aromatic carbocycles. The number of anilines is 1. The van der Waals surface area contributed by atoms with Gasteiger partial charge in [0.25, 0.3) is 5.69 Å². The maximum absolute atomic E-state index is 12.5. The molecule has 1 aliphatic heterocycles. The van der Waals surface area contributed by atoms with Crippen molar-refractivity contribution in [3.8, 4) is 0 Å². The Labute approximate surface area is 224 Å². The zero-order valence-electron chi connectivity index (χ0n) is 20.0. The molecular formula is C27H27ClN4O4S. The molecule has 192 valence electrons. The van der Waals surface area contributed by atoms with Gasteiger partial charge in [-0.05, 0) is 60.2 Å². The number of hydrogen-bond acceptors (Lipinski definition) is 7. The highest BCUT2D eigenvalue weighted by Crippen LogP contribution is 2.53. The summed E-state index contributed by atoms with van der Waals surface area (Å²) in [5, 5.41) is 25.0. The molecule has 1 aliphatic carbocycles. The fourth-order valence-electron chi connectivity index (χ4n) is 5.79. The normalized spacial score (nSPS) is 23.1. The van der Waals surface area contributed by atoms with Crippen molar-refractivity contribution >= 4 is 40.8 Å². The number of carboxylic acid groups (broad SMARTS) is 1. The predicted molar refractivity (Wildman–Crippen MR) is 143 cm³/mol. The summed E-state index contributed by atoms with van der Waals surface area (Å²) in [4.78, 5) is 31.4. The maximum atomic E-state index is 12.5. The fourth-order valence-corrected chi connectivity index (χ4v) is 6.91. The summed E-state index contributed by atoms with van der Waals surface area (Å²) in [5.74, 6) is -0.269. The van der Waals surface area contributed by atoms with Crippen LogP contribution in [0.1, 0.15) is 17.9 Å². The number of piperidine rings is 1. The van der Waals surface area contributed by atoms with E-state index in [1.54, 1.807) is 17.8 Å². The van der Waals surface area contributed by atoms with Crippen LogP contribution in [0, 0.1) is 27.9 Å². The Morgan fingerprint density at radius 2 is 1.89 bits per heavy atom. The van der Waals surface area contributed by atoms with E-state index in [-0.39, 0.29) is 23.4 Å². The van der Waals surface area contributed by atoms with Crippen molar-refractivity contribution in [2.24, 2.45) is 17.8 Å². The number of hydrogen-bond donors (Lipinski definition) is 2. The summed E-state index contributed by atoms with van der Waals surface area (Å²) in [5.41, 5.74) is 1.07. The fraction of sp³-hybridized carbons (Fsp3) is 0.333. The molecule has 37 heavy (non-hydrogen) atoms. The second kappa shape index (κ2) is 11.1. The van der Waals surface area contributed by atoms with Crippen LogP contribution in [-0.2, 0) is 4.79 Å². The van der Waals surface area contributed by atoms with E-state index in [2.05, 4.69) is 27.3 Å². The lowest BCUT2D eigenvalue weighted by Crippen LogP contribution is -2.40. The lowest BCUT2D eigenvalue weighted by molar-refractivity contribution is -0.385. The Hall–Kier alpha value is -3.14. The highest BCUT2D eigenvalue weighted by Gasteiger charge is 2.51. The summed E-state index contributed by atoms with van der Waals surface area (Å²) >= 11 is 7.70. The minimum absolute atomic E-state index is 0.0431. The lowest BCUT2D eigenvalue weighted by Gasteiger charge is -2.32. The van der Waals surface area contributed by atoms with Gasteiger partial charge in [0.05, 0.1) is 10.8 Å². The maximum Gasteiger partial charge on any atom is 0.307 e. The molecule has 0 unspecified atom stereocenters. The molecule has 0 amide bonds. The van der Waals surface area contributed by atoms with Crippen LogP contribution < -0.4 is 5.32 Å². The van der Waals surface area contributed by atoms with E-state index in [1.807, 2.05) is 36.4 Å². The third-order valence-electron chi connectivity index (χ3n) is 7.29. The van der Waals surface area contributed by atoms with E-state index in [4.69, 9.17) is 11.6 Å². The molecule has 0 radical (unpaired) electrons. The van der Waals surface area contributed by atoms with Crippen molar-refractivity contribution in [3.63, 3.8) is 0 Å². The zero-order valence-corrected chi connectivity index (χ0v) is 21.6. The number of nitro groups is 1. The van der Waals surface area contributed by atoms with Crippen molar-refractivity contribution in [2.45, 2.75) is 22.1 Å². The first-order valence-electron chi connectivity index (χ1n) is 12.2. The van der Waals surface area contributed by atoms with Crippen LogP contribution in [0.25, 0.3) is 0 Å². The van der Waals surface area contributed by atoms with Gasteiger partial charge in [-0.3, -0.25) is 14.9 Å². The Kier molecular flexibility index (Phi) is 7.64. The molecule has 1 saturated carbocycles. The number of likely N-dealkylation sites (tertiary alicyclic amines) is 1. The molecule has 2 aliphatic rings. The van der Waals surface area contributed by atoms with Gasteiger partial charge in [0.2, 0.25) is 0 Å². The molecule has 2 heterocycles. The topological polar surface area (TPSA) is 109 Å². The molecule has 0 spiro atoms. The van der Waals surface area contributed by atoms with E-state index < -0.39 is 16.8 Å². The number of nitrogens with one attached hydrogen (secondary N) is 1. The number of carboxylic acids is 1. The smallest absolute Gasteiger partial charge is 0.307 e. The molecule has 1 aromatic heterocycles. The number of carbonyl (C=O) groups is 1. The Balaban J connectivity index is 1.29. The second-order valence-electron chi connectivity index (χ2n) is 9.58. The van der Waals surface area contributed by atoms with Gasteiger partial charge in [-0.2, -0.15) is 0 Å². The summed E-state index contributed by atoms with van der Waals surface area (Å²) in [6, 6.07) is 18.9. The Bertz CT molecular complexity index is 1270. The van der Waals surface area contributed by atoms with E-state index in [0.29, 0.717) is 17.4 Å². The van der Waals surface area contributed by atoms with E-state index >= 15 is 0 Å². The van der Waals surface area contributed by atoms with Crippen LogP contribution in [0.3, 0.4) is 0 Å². The van der Waals surface area contributed by atoms with Crippen LogP contribution in [-0.4, -0.2) is 52.1 Å². The number of halogens is 1. The number of benzene rings is 2. The Morgan fingerprint density at radius 1 is 1.14 bits per heavy atom. The molecule has 3 aromatic rings. The molecular weight excluding hydrogens is 512 g/mol. The summed E-state index contributed by atoms with van der Waals surface area (Å²) in [6.45, 7) is 2.94. The highest BCUT2D eigenvalue weighted by atomic mass is 35.5. The summed E-state index contributed by atoms with van der Waals surface area (Å²) in [7, 11) is 0. The van der Waals surface area contributed by atoms with Crippen molar-refractivity contribution < 1.29 is 14.8 Å². The number of aliphatic carboxylic acids is 1. The van der Waals surface area contributed by atoms with E-state index in [1.165, 1.54) is 12.3 Å². The molecule has 10 heteroatoms. The van der Waals surface area contributed by atoms with E-state index in [9.17, 15) is 20.0 Å². The molecule has 2 bridgehead atoms. The zero-order chi connectivity index (χ0) is 25.9. The van der Waals surface area contributed by atoms with Gasteiger partial charge in [-0.15, -0.1) is 0 Å². The third kappa shape index (κ3) is 5.74. The van der Waals surface area contributed by atoms with Crippen molar-refractivity contribution in [1.82, 2.24) is 9.88 Å². The number of rotatable bonds is 9. The van der Waals surface area contributed by atoms with Crippen molar-refractivity contribution in [3.05, 3.63) is 87.6 Å². The number of nitrogens with zero attached hydrogens (tertiary/aromatic N) is 3. The van der Waals surface area contributed by atoms with Gasteiger partial charge in [0.15, 0.2) is 0 Å². The predicted octanol–water partition coefficient (Wildman–Crippen LogP) is 5.64. The highest BCUT2D eigenvalue weighted by molar-refractivity contribution is 7.99. The quantitative estimate of drug-likeness (QED) is 0.266. The lowest BCUT2D eigenvalue weighted by atomic mass is 9.82. The molecule has 2 fully saturated rings. The van der Waals surface area contributed by atoms with Gasteiger partial charge in [-0.25, -0.2) is 4.98 Å². The van der Waals surface area contributed by atoms with Crippen LogP contribution in [0.4, 0.5) is 11.5 Å². The first kappa shape index (κ1) is 25.5. The van der Waals surface area contributed by atoms with Crippen LogP contribution in [0.5, 0.6) is 0 Å². The number of pyridine rings is 1.